The van der Waals surface area contributed by atoms with Crippen LogP contribution in [0.2, 0.25) is 0 Å². The van der Waals surface area contributed by atoms with E-state index in [-0.39, 0.29) is 6.04 Å². The van der Waals surface area contributed by atoms with Crippen molar-refractivity contribution in [1.29, 1.82) is 0 Å². The highest BCUT2D eigenvalue weighted by molar-refractivity contribution is 5.21. The van der Waals surface area contributed by atoms with Crippen molar-refractivity contribution >= 4 is 0 Å². The Kier molecular flexibility index (Phi) is 4.96. The summed E-state index contributed by atoms with van der Waals surface area (Å²) in [5.74, 6) is 1.48. The van der Waals surface area contributed by atoms with Crippen LogP contribution in [0.3, 0.4) is 0 Å². The first-order valence-corrected chi connectivity index (χ1v) is 6.63. The van der Waals surface area contributed by atoms with Crippen molar-refractivity contribution in [3.8, 4) is 5.75 Å². The third-order valence-electron chi connectivity index (χ3n) is 3.46. The molecule has 0 aliphatic carbocycles. The van der Waals surface area contributed by atoms with Gasteiger partial charge < -0.3 is 14.8 Å². The molecule has 100 valence electrons. The molecule has 0 saturated carbocycles. The summed E-state index contributed by atoms with van der Waals surface area (Å²) in [6, 6.07) is 4.28. The molecule has 1 saturated heterocycles. The van der Waals surface area contributed by atoms with Crippen LogP contribution in [0.1, 0.15) is 31.5 Å². The lowest BCUT2D eigenvalue weighted by Crippen LogP contribution is -2.21. The van der Waals surface area contributed by atoms with E-state index in [1.807, 2.05) is 25.4 Å². The van der Waals surface area contributed by atoms with Crippen LogP contribution in [0.15, 0.2) is 18.3 Å². The van der Waals surface area contributed by atoms with E-state index in [1.165, 1.54) is 0 Å². The standard InChI is InChI=1S/C14H22N2O2/c1-11(15-2)14-4-3-13(9-16-14)18-10-12-5-7-17-8-6-12/h3-4,9,11-12,15H,5-8,10H2,1-2H3. The first kappa shape index (κ1) is 13.3. The Bertz CT molecular complexity index is 347. The lowest BCUT2D eigenvalue weighted by molar-refractivity contribution is 0.0497. The van der Waals surface area contributed by atoms with Gasteiger partial charge >= 0.3 is 0 Å². The lowest BCUT2D eigenvalue weighted by Gasteiger charge is -2.22. The minimum Gasteiger partial charge on any atom is -0.492 e. The molecule has 1 atom stereocenters. The first-order chi connectivity index (χ1) is 8.79. The van der Waals surface area contributed by atoms with E-state index in [4.69, 9.17) is 9.47 Å². The number of rotatable bonds is 5. The van der Waals surface area contributed by atoms with Crippen molar-refractivity contribution in [2.45, 2.75) is 25.8 Å². The molecule has 4 nitrogen and oxygen atoms in total. The number of hydrogen-bond acceptors (Lipinski definition) is 4. The topological polar surface area (TPSA) is 43.4 Å². The van der Waals surface area contributed by atoms with Crippen molar-refractivity contribution in [3.05, 3.63) is 24.0 Å². The van der Waals surface area contributed by atoms with Crippen LogP contribution in [0.5, 0.6) is 5.75 Å². The molecule has 1 aliphatic rings. The molecule has 0 bridgehead atoms. The fraction of sp³-hybridized carbons (Fsp3) is 0.643. The van der Waals surface area contributed by atoms with Crippen LogP contribution >= 0.6 is 0 Å². The summed E-state index contributed by atoms with van der Waals surface area (Å²) >= 11 is 0. The zero-order valence-electron chi connectivity index (χ0n) is 11.2. The van der Waals surface area contributed by atoms with E-state index in [1.54, 1.807) is 0 Å². The molecule has 1 aliphatic heterocycles. The van der Waals surface area contributed by atoms with Crippen LogP contribution in [0, 0.1) is 5.92 Å². The number of ether oxygens (including phenoxy) is 2. The molecule has 1 aromatic rings. The van der Waals surface area contributed by atoms with Crippen molar-refractivity contribution in [1.82, 2.24) is 10.3 Å². The second-order valence-corrected chi connectivity index (χ2v) is 4.80. The Balaban J connectivity index is 1.82. The molecule has 0 aromatic carbocycles. The molecule has 2 heterocycles. The lowest BCUT2D eigenvalue weighted by atomic mass is 10.0. The van der Waals surface area contributed by atoms with Gasteiger partial charge in [0.1, 0.15) is 5.75 Å². The number of nitrogens with zero attached hydrogens (tertiary/aromatic N) is 1. The summed E-state index contributed by atoms with van der Waals surface area (Å²) in [7, 11) is 1.93. The Hall–Kier alpha value is -1.13. The SMILES string of the molecule is CNC(C)c1ccc(OCC2CCOCC2)cn1. The summed E-state index contributed by atoms with van der Waals surface area (Å²) in [6.45, 7) is 4.59. The average Bonchev–Trinajstić information content (AvgIpc) is 2.46. The molecule has 1 aromatic heterocycles. The maximum Gasteiger partial charge on any atom is 0.137 e. The van der Waals surface area contributed by atoms with Crippen LogP contribution in [-0.4, -0.2) is 31.9 Å². The minimum atomic E-state index is 0.273. The van der Waals surface area contributed by atoms with Gasteiger partial charge in [-0.15, -0.1) is 0 Å². The quantitative estimate of drug-likeness (QED) is 0.869. The summed E-state index contributed by atoms with van der Waals surface area (Å²) in [6.07, 6.45) is 4.01. The monoisotopic (exact) mass is 250 g/mol. The normalized spacial score (nSPS) is 18.6. The fourth-order valence-electron chi connectivity index (χ4n) is 2.01. The molecular formula is C14H22N2O2. The maximum absolute atomic E-state index is 5.78. The molecule has 4 heteroatoms. The number of aromatic nitrogens is 1. The first-order valence-electron chi connectivity index (χ1n) is 6.63. The number of hydrogen-bond donors (Lipinski definition) is 1. The van der Waals surface area contributed by atoms with Gasteiger partial charge in [0.05, 0.1) is 18.5 Å². The van der Waals surface area contributed by atoms with Gasteiger partial charge in [0.15, 0.2) is 0 Å². The van der Waals surface area contributed by atoms with E-state index in [2.05, 4.69) is 17.2 Å². The summed E-state index contributed by atoms with van der Waals surface area (Å²) in [4.78, 5) is 4.40. The Labute approximate surface area is 109 Å². The summed E-state index contributed by atoms with van der Waals surface area (Å²) in [5, 5.41) is 3.17. The molecule has 18 heavy (non-hydrogen) atoms. The van der Waals surface area contributed by atoms with Gasteiger partial charge in [-0.2, -0.15) is 0 Å². The summed E-state index contributed by atoms with van der Waals surface area (Å²) < 4.78 is 11.1. The highest BCUT2D eigenvalue weighted by Gasteiger charge is 2.14. The molecule has 0 amide bonds. The zero-order valence-corrected chi connectivity index (χ0v) is 11.2. The zero-order chi connectivity index (χ0) is 12.8. The van der Waals surface area contributed by atoms with Gasteiger partial charge in [0, 0.05) is 19.3 Å². The molecule has 2 rings (SSSR count). The highest BCUT2D eigenvalue weighted by atomic mass is 16.5. The number of pyridine rings is 1. The van der Waals surface area contributed by atoms with Crippen molar-refractivity contribution in [2.75, 3.05) is 26.9 Å². The van der Waals surface area contributed by atoms with Gasteiger partial charge in [-0.1, -0.05) is 0 Å². The third-order valence-corrected chi connectivity index (χ3v) is 3.46. The Morgan fingerprint density at radius 1 is 1.44 bits per heavy atom. The fourth-order valence-corrected chi connectivity index (χ4v) is 2.01. The highest BCUT2D eigenvalue weighted by Crippen LogP contribution is 2.18. The van der Waals surface area contributed by atoms with Crippen molar-refractivity contribution in [2.24, 2.45) is 5.92 Å². The molecule has 1 fully saturated rings. The second kappa shape index (κ2) is 6.71. The van der Waals surface area contributed by atoms with Gasteiger partial charge in [-0.25, -0.2) is 0 Å². The van der Waals surface area contributed by atoms with Crippen LogP contribution in [0.25, 0.3) is 0 Å². The van der Waals surface area contributed by atoms with E-state index < -0.39 is 0 Å². The predicted octanol–water partition coefficient (Wildman–Crippen LogP) is 2.17. The van der Waals surface area contributed by atoms with Gasteiger partial charge in [0.2, 0.25) is 0 Å². The van der Waals surface area contributed by atoms with Gasteiger partial charge in [-0.05, 0) is 44.9 Å². The van der Waals surface area contributed by atoms with E-state index >= 15 is 0 Å². The Morgan fingerprint density at radius 2 is 2.22 bits per heavy atom. The van der Waals surface area contributed by atoms with Crippen LogP contribution in [-0.2, 0) is 4.74 Å². The average molecular weight is 250 g/mol. The van der Waals surface area contributed by atoms with Crippen LogP contribution < -0.4 is 10.1 Å². The van der Waals surface area contributed by atoms with E-state index in [0.717, 1.165) is 44.1 Å². The minimum absolute atomic E-state index is 0.273. The predicted molar refractivity (Wildman–Crippen MR) is 70.7 cm³/mol. The summed E-state index contributed by atoms with van der Waals surface area (Å²) in [5.41, 5.74) is 1.04. The molecular weight excluding hydrogens is 228 g/mol. The van der Waals surface area contributed by atoms with Crippen molar-refractivity contribution in [3.63, 3.8) is 0 Å². The van der Waals surface area contributed by atoms with Gasteiger partial charge in [0.25, 0.3) is 0 Å². The molecule has 0 spiro atoms. The molecule has 1 N–H and O–H groups in total. The van der Waals surface area contributed by atoms with Crippen molar-refractivity contribution < 1.29 is 9.47 Å². The molecule has 0 radical (unpaired) electrons. The number of nitrogens with one attached hydrogen (secondary N) is 1. The van der Waals surface area contributed by atoms with E-state index in [0.29, 0.717) is 5.92 Å². The Morgan fingerprint density at radius 3 is 2.83 bits per heavy atom. The van der Waals surface area contributed by atoms with E-state index in [9.17, 15) is 0 Å². The second-order valence-electron chi connectivity index (χ2n) is 4.80. The maximum atomic E-state index is 5.78. The largest absolute Gasteiger partial charge is 0.492 e. The van der Waals surface area contributed by atoms with Crippen LogP contribution in [0.4, 0.5) is 0 Å². The molecule has 1 unspecified atom stereocenters. The van der Waals surface area contributed by atoms with Gasteiger partial charge in [-0.3, -0.25) is 4.98 Å². The third kappa shape index (κ3) is 3.68. The smallest absolute Gasteiger partial charge is 0.137 e.